The molecule has 0 N–H and O–H groups in total. The van der Waals surface area contributed by atoms with E-state index in [0.717, 1.165) is 21.1 Å². The predicted molar refractivity (Wildman–Crippen MR) is 89.3 cm³/mol. The molecule has 22 heavy (non-hydrogen) atoms. The maximum atomic E-state index is 12.3. The first kappa shape index (κ1) is 14.8. The average molecular weight is 314 g/mol. The first-order valence-electron chi connectivity index (χ1n) is 7.29. The lowest BCUT2D eigenvalue weighted by Crippen LogP contribution is -2.29. The molecule has 0 fully saturated rings. The van der Waals surface area contributed by atoms with Gasteiger partial charge in [0.25, 0.3) is 0 Å². The van der Waals surface area contributed by atoms with Gasteiger partial charge in [-0.05, 0) is 49.2 Å². The lowest BCUT2D eigenvalue weighted by Gasteiger charge is -2.17. The number of hydrogen-bond acceptors (Lipinski definition) is 4. The van der Waals surface area contributed by atoms with Crippen LogP contribution in [0.15, 0.2) is 34.9 Å². The average Bonchev–Trinajstić information content (AvgIpc) is 3.13. The van der Waals surface area contributed by atoms with Crippen molar-refractivity contribution >= 4 is 32.6 Å². The summed E-state index contributed by atoms with van der Waals surface area (Å²) >= 11 is 1.55. The van der Waals surface area contributed by atoms with Crippen LogP contribution in [-0.4, -0.2) is 10.9 Å². The van der Waals surface area contributed by atoms with E-state index in [4.69, 9.17) is 4.42 Å². The molecule has 4 nitrogen and oxygen atoms in total. The minimum Gasteiger partial charge on any atom is -0.467 e. The molecule has 1 aromatic carbocycles. The highest BCUT2D eigenvalue weighted by molar-refractivity contribution is 7.22. The molecular formula is C17H18N2O2S. The summed E-state index contributed by atoms with van der Waals surface area (Å²) in [6, 6.07) is 7.91. The Morgan fingerprint density at radius 3 is 2.77 bits per heavy atom. The van der Waals surface area contributed by atoms with E-state index in [1.165, 1.54) is 11.1 Å². The Kier molecular flexibility index (Phi) is 3.98. The van der Waals surface area contributed by atoms with Crippen LogP contribution in [0.3, 0.4) is 0 Å². The molecular weight excluding hydrogens is 296 g/mol. The van der Waals surface area contributed by atoms with Crippen LogP contribution in [0.5, 0.6) is 0 Å². The Morgan fingerprint density at radius 2 is 2.09 bits per heavy atom. The fourth-order valence-electron chi connectivity index (χ4n) is 2.29. The monoisotopic (exact) mass is 314 g/mol. The molecule has 0 radical (unpaired) electrons. The van der Waals surface area contributed by atoms with Gasteiger partial charge in [0, 0.05) is 6.42 Å². The van der Waals surface area contributed by atoms with Crippen LogP contribution in [0, 0.1) is 13.8 Å². The maximum absolute atomic E-state index is 12.3. The highest BCUT2D eigenvalue weighted by Crippen LogP contribution is 2.32. The summed E-state index contributed by atoms with van der Waals surface area (Å²) < 4.78 is 6.48. The second kappa shape index (κ2) is 5.93. The van der Waals surface area contributed by atoms with Crippen LogP contribution in [0.4, 0.5) is 5.13 Å². The number of aromatic nitrogens is 1. The summed E-state index contributed by atoms with van der Waals surface area (Å²) in [7, 11) is 0. The van der Waals surface area contributed by atoms with Gasteiger partial charge in [-0.3, -0.25) is 9.69 Å². The van der Waals surface area contributed by atoms with Gasteiger partial charge in [0.2, 0.25) is 5.91 Å². The van der Waals surface area contributed by atoms with Crippen molar-refractivity contribution in [1.82, 2.24) is 4.98 Å². The van der Waals surface area contributed by atoms with Crippen molar-refractivity contribution in [3.05, 3.63) is 47.4 Å². The Labute approximate surface area is 133 Å². The van der Waals surface area contributed by atoms with E-state index in [1.54, 1.807) is 22.5 Å². The molecule has 0 unspecified atom stereocenters. The molecule has 0 saturated carbocycles. The number of fused-ring (bicyclic) bond motifs is 1. The Hall–Kier alpha value is -2.14. The van der Waals surface area contributed by atoms with Gasteiger partial charge in [-0.2, -0.15) is 0 Å². The largest absolute Gasteiger partial charge is 0.467 e. The number of hydrogen-bond donors (Lipinski definition) is 0. The molecule has 5 heteroatoms. The first-order chi connectivity index (χ1) is 10.6. The fraction of sp³-hybridized carbons (Fsp3) is 0.294. The number of benzene rings is 1. The third kappa shape index (κ3) is 2.76. The summed E-state index contributed by atoms with van der Waals surface area (Å²) in [6.07, 6.45) is 2.06. The molecule has 2 aromatic heterocycles. The quantitative estimate of drug-likeness (QED) is 0.714. The number of nitrogens with zero attached hydrogens (tertiary/aromatic N) is 2. The van der Waals surface area contributed by atoms with Gasteiger partial charge in [-0.25, -0.2) is 4.98 Å². The van der Waals surface area contributed by atoms with Gasteiger partial charge in [-0.15, -0.1) is 0 Å². The highest BCUT2D eigenvalue weighted by atomic mass is 32.1. The summed E-state index contributed by atoms with van der Waals surface area (Å²) in [4.78, 5) is 18.6. The number of carbonyl (C=O) groups excluding carboxylic acids is 1. The highest BCUT2D eigenvalue weighted by Gasteiger charge is 2.20. The van der Waals surface area contributed by atoms with Crippen LogP contribution < -0.4 is 4.90 Å². The molecule has 3 rings (SSSR count). The minimum atomic E-state index is 0.0453. The minimum absolute atomic E-state index is 0.0453. The molecule has 0 aliphatic rings. The van der Waals surface area contributed by atoms with Crippen LogP contribution in [0.2, 0.25) is 0 Å². The van der Waals surface area contributed by atoms with Crippen molar-refractivity contribution in [3.63, 3.8) is 0 Å². The Bertz CT molecular complexity index is 767. The van der Waals surface area contributed by atoms with Crippen molar-refractivity contribution in [2.75, 3.05) is 4.90 Å². The standard InChI is InChI=1S/C17H18N2O2S/c1-4-16(20)19(10-13-6-5-7-21-13)17-18-14-8-11(2)12(3)9-15(14)22-17/h5-9H,4,10H2,1-3H3. The Morgan fingerprint density at radius 1 is 1.32 bits per heavy atom. The summed E-state index contributed by atoms with van der Waals surface area (Å²) in [5, 5.41) is 0.725. The van der Waals surface area contributed by atoms with E-state index >= 15 is 0 Å². The molecule has 0 aliphatic carbocycles. The van der Waals surface area contributed by atoms with Crippen LogP contribution >= 0.6 is 11.3 Å². The number of rotatable bonds is 4. The number of anilines is 1. The van der Waals surface area contributed by atoms with E-state index in [2.05, 4.69) is 31.0 Å². The summed E-state index contributed by atoms with van der Waals surface area (Å²) in [6.45, 7) is 6.44. The van der Waals surface area contributed by atoms with E-state index in [9.17, 15) is 4.79 Å². The van der Waals surface area contributed by atoms with Crippen molar-refractivity contribution in [1.29, 1.82) is 0 Å². The van der Waals surface area contributed by atoms with Crippen LogP contribution in [0.1, 0.15) is 30.2 Å². The van der Waals surface area contributed by atoms with Crippen molar-refractivity contribution in [3.8, 4) is 0 Å². The fourth-order valence-corrected chi connectivity index (χ4v) is 3.36. The lowest BCUT2D eigenvalue weighted by molar-refractivity contribution is -0.118. The number of furan rings is 1. The molecule has 2 heterocycles. The zero-order valence-electron chi connectivity index (χ0n) is 12.9. The van der Waals surface area contributed by atoms with Crippen LogP contribution in [-0.2, 0) is 11.3 Å². The van der Waals surface area contributed by atoms with E-state index in [1.807, 2.05) is 19.1 Å². The predicted octanol–water partition coefficient (Wildman–Crippen LogP) is 4.45. The summed E-state index contributed by atoms with van der Waals surface area (Å²) in [5.41, 5.74) is 3.39. The summed E-state index contributed by atoms with van der Waals surface area (Å²) in [5.74, 6) is 0.803. The number of carbonyl (C=O) groups is 1. The molecule has 3 aromatic rings. The zero-order chi connectivity index (χ0) is 15.7. The van der Waals surface area contributed by atoms with Crippen LogP contribution in [0.25, 0.3) is 10.2 Å². The SMILES string of the molecule is CCC(=O)N(Cc1ccco1)c1nc2cc(C)c(C)cc2s1. The van der Waals surface area contributed by atoms with Gasteiger partial charge in [0.05, 0.1) is 23.0 Å². The molecule has 0 atom stereocenters. The maximum Gasteiger partial charge on any atom is 0.228 e. The molecule has 0 aliphatic heterocycles. The van der Waals surface area contributed by atoms with Crippen molar-refractivity contribution in [2.45, 2.75) is 33.7 Å². The van der Waals surface area contributed by atoms with E-state index < -0.39 is 0 Å². The Balaban J connectivity index is 2.01. The van der Waals surface area contributed by atoms with Gasteiger partial charge in [-0.1, -0.05) is 18.3 Å². The van der Waals surface area contributed by atoms with E-state index in [-0.39, 0.29) is 5.91 Å². The third-order valence-corrected chi connectivity index (χ3v) is 4.76. The van der Waals surface area contributed by atoms with Crippen molar-refractivity contribution < 1.29 is 9.21 Å². The number of aryl methyl sites for hydroxylation is 2. The smallest absolute Gasteiger partial charge is 0.228 e. The van der Waals surface area contributed by atoms with Gasteiger partial charge in [0.15, 0.2) is 5.13 Å². The van der Waals surface area contributed by atoms with Gasteiger partial charge >= 0.3 is 0 Å². The van der Waals surface area contributed by atoms with Crippen molar-refractivity contribution in [2.24, 2.45) is 0 Å². The second-order valence-corrected chi connectivity index (χ2v) is 6.32. The van der Waals surface area contributed by atoms with E-state index in [0.29, 0.717) is 13.0 Å². The van der Waals surface area contributed by atoms with Gasteiger partial charge in [0.1, 0.15) is 5.76 Å². The second-order valence-electron chi connectivity index (χ2n) is 5.31. The molecule has 1 amide bonds. The first-order valence-corrected chi connectivity index (χ1v) is 8.10. The normalized spacial score (nSPS) is 11.0. The molecule has 114 valence electrons. The number of thiazole rings is 1. The third-order valence-electron chi connectivity index (χ3n) is 3.72. The van der Waals surface area contributed by atoms with Gasteiger partial charge < -0.3 is 4.42 Å². The molecule has 0 bridgehead atoms. The number of amides is 1. The molecule has 0 saturated heterocycles. The lowest BCUT2D eigenvalue weighted by atomic mass is 10.1. The zero-order valence-corrected chi connectivity index (χ0v) is 13.7. The molecule has 0 spiro atoms. The topological polar surface area (TPSA) is 46.3 Å².